The van der Waals surface area contributed by atoms with Crippen LogP contribution in [0.5, 0.6) is 0 Å². The Hall–Kier alpha value is -2.09. The molecule has 1 fully saturated rings. The summed E-state index contributed by atoms with van der Waals surface area (Å²) in [5, 5.41) is 0. The summed E-state index contributed by atoms with van der Waals surface area (Å²) in [4.78, 5) is 14.1. The normalized spacial score (nSPS) is 15.1. The third-order valence-electron chi connectivity index (χ3n) is 3.59. The molecule has 0 aromatic heterocycles. The molecule has 1 saturated heterocycles. The lowest BCUT2D eigenvalue weighted by Gasteiger charge is -2.37. The van der Waals surface area contributed by atoms with E-state index >= 15 is 0 Å². The Bertz CT molecular complexity index is 568. The van der Waals surface area contributed by atoms with Crippen molar-refractivity contribution in [1.82, 2.24) is 4.90 Å². The largest absolute Gasteiger partial charge is 0.338 e. The van der Waals surface area contributed by atoms with Crippen molar-refractivity contribution in [2.24, 2.45) is 5.92 Å². The van der Waals surface area contributed by atoms with Crippen LogP contribution in [-0.4, -0.2) is 23.9 Å². The lowest BCUT2D eigenvalue weighted by Crippen LogP contribution is -2.48. The molecule has 1 aliphatic rings. The van der Waals surface area contributed by atoms with Crippen molar-refractivity contribution in [3.63, 3.8) is 0 Å². The summed E-state index contributed by atoms with van der Waals surface area (Å²) in [7, 11) is 0. The van der Waals surface area contributed by atoms with Gasteiger partial charge in [-0.05, 0) is 29.2 Å². The Labute approximate surface area is 113 Å². The lowest BCUT2D eigenvalue weighted by atomic mass is 10.00. The van der Waals surface area contributed by atoms with Crippen LogP contribution in [0.1, 0.15) is 17.3 Å². The zero-order chi connectivity index (χ0) is 13.2. The molecule has 3 rings (SSSR count). The molecule has 1 heterocycles. The standard InChI is InChI=1S/C17H17NO/c1-13-11-18(12-13)17(19)16-9-7-15(8-10-16)14-5-3-2-4-6-14/h2-10,13H,11-12H2,1H3. The van der Waals surface area contributed by atoms with Gasteiger partial charge in [-0.3, -0.25) is 4.79 Å². The predicted octanol–water partition coefficient (Wildman–Crippen LogP) is 3.45. The maximum absolute atomic E-state index is 12.1. The zero-order valence-electron chi connectivity index (χ0n) is 11.0. The van der Waals surface area contributed by atoms with Crippen molar-refractivity contribution >= 4 is 5.91 Å². The van der Waals surface area contributed by atoms with E-state index in [9.17, 15) is 4.79 Å². The van der Waals surface area contributed by atoms with Crippen LogP contribution in [0.4, 0.5) is 0 Å². The molecule has 0 unspecified atom stereocenters. The Morgan fingerprint density at radius 2 is 1.53 bits per heavy atom. The number of benzene rings is 2. The smallest absolute Gasteiger partial charge is 0.253 e. The van der Waals surface area contributed by atoms with E-state index in [4.69, 9.17) is 0 Å². The van der Waals surface area contributed by atoms with E-state index in [1.54, 1.807) is 0 Å². The first kappa shape index (κ1) is 12.0. The average molecular weight is 251 g/mol. The monoisotopic (exact) mass is 251 g/mol. The quantitative estimate of drug-likeness (QED) is 0.800. The highest BCUT2D eigenvalue weighted by molar-refractivity contribution is 5.95. The number of carbonyl (C=O) groups excluding carboxylic acids is 1. The molecule has 2 heteroatoms. The molecule has 1 amide bonds. The first-order chi connectivity index (χ1) is 9.24. The van der Waals surface area contributed by atoms with Crippen molar-refractivity contribution in [2.45, 2.75) is 6.92 Å². The summed E-state index contributed by atoms with van der Waals surface area (Å²) in [6.07, 6.45) is 0. The van der Waals surface area contributed by atoms with Gasteiger partial charge < -0.3 is 4.90 Å². The Morgan fingerprint density at radius 3 is 2.11 bits per heavy atom. The van der Waals surface area contributed by atoms with E-state index in [1.807, 2.05) is 47.4 Å². The Morgan fingerprint density at radius 1 is 0.947 bits per heavy atom. The number of amides is 1. The van der Waals surface area contributed by atoms with E-state index in [1.165, 1.54) is 5.56 Å². The summed E-state index contributed by atoms with van der Waals surface area (Å²) in [6, 6.07) is 18.1. The van der Waals surface area contributed by atoms with Gasteiger partial charge >= 0.3 is 0 Å². The molecular formula is C17H17NO. The van der Waals surface area contributed by atoms with Crippen molar-refractivity contribution in [3.05, 3.63) is 60.2 Å². The van der Waals surface area contributed by atoms with Gasteiger partial charge in [0.1, 0.15) is 0 Å². The second kappa shape index (κ2) is 4.88. The maximum atomic E-state index is 12.1. The van der Waals surface area contributed by atoms with Crippen LogP contribution in [0.3, 0.4) is 0 Å². The number of likely N-dealkylation sites (tertiary alicyclic amines) is 1. The average Bonchev–Trinajstić information content (AvgIpc) is 2.44. The summed E-state index contributed by atoms with van der Waals surface area (Å²) >= 11 is 0. The second-order valence-electron chi connectivity index (χ2n) is 5.26. The van der Waals surface area contributed by atoms with E-state index in [0.29, 0.717) is 5.92 Å². The van der Waals surface area contributed by atoms with Gasteiger partial charge in [0.05, 0.1) is 0 Å². The molecule has 0 saturated carbocycles. The molecule has 2 aromatic rings. The SMILES string of the molecule is CC1CN(C(=O)c2ccc(-c3ccccc3)cc2)C1. The number of hydrogen-bond acceptors (Lipinski definition) is 1. The first-order valence-electron chi connectivity index (χ1n) is 6.69. The van der Waals surface area contributed by atoms with Crippen molar-refractivity contribution in [3.8, 4) is 11.1 Å². The minimum atomic E-state index is 0.151. The van der Waals surface area contributed by atoms with Gasteiger partial charge in [0.2, 0.25) is 0 Å². The highest BCUT2D eigenvalue weighted by Gasteiger charge is 2.27. The van der Waals surface area contributed by atoms with Gasteiger partial charge in [0.25, 0.3) is 5.91 Å². The number of nitrogens with zero attached hydrogens (tertiary/aromatic N) is 1. The third kappa shape index (κ3) is 2.39. The number of rotatable bonds is 2. The van der Waals surface area contributed by atoms with Gasteiger partial charge in [-0.2, -0.15) is 0 Å². The van der Waals surface area contributed by atoms with E-state index in [2.05, 4.69) is 19.1 Å². The van der Waals surface area contributed by atoms with Crippen LogP contribution >= 0.6 is 0 Å². The molecule has 0 bridgehead atoms. The summed E-state index contributed by atoms with van der Waals surface area (Å²) < 4.78 is 0. The number of hydrogen-bond donors (Lipinski definition) is 0. The minimum Gasteiger partial charge on any atom is -0.338 e. The van der Waals surface area contributed by atoms with Crippen molar-refractivity contribution in [2.75, 3.05) is 13.1 Å². The summed E-state index contributed by atoms with van der Waals surface area (Å²) in [6.45, 7) is 3.95. The van der Waals surface area contributed by atoms with Crippen molar-refractivity contribution < 1.29 is 4.79 Å². The molecule has 0 spiro atoms. The van der Waals surface area contributed by atoms with Crippen LogP contribution in [0, 0.1) is 5.92 Å². The second-order valence-corrected chi connectivity index (χ2v) is 5.26. The lowest BCUT2D eigenvalue weighted by molar-refractivity contribution is 0.0530. The highest BCUT2D eigenvalue weighted by atomic mass is 16.2. The molecule has 2 aromatic carbocycles. The summed E-state index contributed by atoms with van der Waals surface area (Å²) in [5.41, 5.74) is 3.11. The van der Waals surface area contributed by atoms with Gasteiger partial charge in [-0.25, -0.2) is 0 Å². The fourth-order valence-corrected chi connectivity index (χ4v) is 2.48. The Balaban J connectivity index is 1.78. The highest BCUT2D eigenvalue weighted by Crippen LogP contribution is 2.22. The topological polar surface area (TPSA) is 20.3 Å². The van der Waals surface area contributed by atoms with Gasteiger partial charge in [0, 0.05) is 18.7 Å². The minimum absolute atomic E-state index is 0.151. The zero-order valence-corrected chi connectivity index (χ0v) is 11.0. The molecule has 2 nitrogen and oxygen atoms in total. The van der Waals surface area contributed by atoms with Crippen LogP contribution in [-0.2, 0) is 0 Å². The van der Waals surface area contributed by atoms with Crippen LogP contribution < -0.4 is 0 Å². The molecule has 19 heavy (non-hydrogen) atoms. The van der Waals surface area contributed by atoms with Crippen LogP contribution in [0.15, 0.2) is 54.6 Å². The molecule has 0 aliphatic carbocycles. The number of carbonyl (C=O) groups is 1. The maximum Gasteiger partial charge on any atom is 0.253 e. The van der Waals surface area contributed by atoms with Gasteiger partial charge in [-0.1, -0.05) is 49.4 Å². The Kier molecular flexibility index (Phi) is 3.08. The van der Waals surface area contributed by atoms with Crippen LogP contribution in [0.25, 0.3) is 11.1 Å². The van der Waals surface area contributed by atoms with E-state index in [0.717, 1.165) is 24.2 Å². The fraction of sp³-hybridized carbons (Fsp3) is 0.235. The fourth-order valence-electron chi connectivity index (χ4n) is 2.48. The van der Waals surface area contributed by atoms with E-state index in [-0.39, 0.29) is 5.91 Å². The molecular weight excluding hydrogens is 234 g/mol. The predicted molar refractivity (Wildman–Crippen MR) is 76.9 cm³/mol. The molecule has 96 valence electrons. The molecule has 0 atom stereocenters. The molecule has 0 N–H and O–H groups in total. The first-order valence-corrected chi connectivity index (χ1v) is 6.69. The molecule has 1 aliphatic heterocycles. The molecule has 0 radical (unpaired) electrons. The van der Waals surface area contributed by atoms with Crippen molar-refractivity contribution in [1.29, 1.82) is 0 Å². The summed E-state index contributed by atoms with van der Waals surface area (Å²) in [5.74, 6) is 0.797. The van der Waals surface area contributed by atoms with Crippen LogP contribution in [0.2, 0.25) is 0 Å². The van der Waals surface area contributed by atoms with Gasteiger partial charge in [-0.15, -0.1) is 0 Å². The third-order valence-corrected chi connectivity index (χ3v) is 3.59. The van der Waals surface area contributed by atoms with Gasteiger partial charge in [0.15, 0.2) is 0 Å². The van der Waals surface area contributed by atoms with E-state index < -0.39 is 0 Å².